The normalized spacial score (nSPS) is 14.6. The van der Waals surface area contributed by atoms with Crippen LogP contribution in [0.5, 0.6) is 0 Å². The summed E-state index contributed by atoms with van der Waals surface area (Å²) in [4.78, 5) is 11.9. The van der Waals surface area contributed by atoms with Crippen molar-refractivity contribution in [2.24, 2.45) is 0 Å². The van der Waals surface area contributed by atoms with E-state index < -0.39 is 0 Å². The summed E-state index contributed by atoms with van der Waals surface area (Å²) in [6, 6.07) is 3.66. The number of furan rings is 1. The average molecular weight is 260 g/mol. The Kier molecular flexibility index (Phi) is 2.89. The lowest BCUT2D eigenvalue weighted by molar-refractivity contribution is 0.0941. The van der Waals surface area contributed by atoms with Crippen LogP contribution in [0.1, 0.15) is 52.1 Å². The molecule has 0 spiro atoms. The second-order valence-electron chi connectivity index (χ2n) is 5.01. The maximum Gasteiger partial charge on any atom is 0.273 e. The minimum absolute atomic E-state index is 0.214. The molecule has 5 nitrogen and oxygen atoms in total. The topological polar surface area (TPSA) is 68.3 Å². The van der Waals surface area contributed by atoms with Crippen LogP contribution in [0, 0.1) is 13.8 Å². The van der Waals surface area contributed by atoms with Gasteiger partial charge in [0.1, 0.15) is 17.3 Å². The van der Waals surface area contributed by atoms with E-state index in [0.29, 0.717) is 18.2 Å². The van der Waals surface area contributed by atoms with Gasteiger partial charge in [-0.15, -0.1) is 0 Å². The van der Waals surface area contributed by atoms with E-state index in [1.54, 1.807) is 6.07 Å². The highest BCUT2D eigenvalue weighted by atomic mass is 16.5. The molecule has 1 saturated carbocycles. The highest BCUT2D eigenvalue weighted by molar-refractivity contribution is 5.92. The van der Waals surface area contributed by atoms with Gasteiger partial charge in [0, 0.05) is 24.1 Å². The highest BCUT2D eigenvalue weighted by Crippen LogP contribution is 2.40. The lowest BCUT2D eigenvalue weighted by atomic mass is 10.2. The van der Waals surface area contributed by atoms with E-state index in [1.807, 2.05) is 19.9 Å². The summed E-state index contributed by atoms with van der Waals surface area (Å²) < 4.78 is 10.6. The molecule has 100 valence electrons. The molecule has 3 rings (SSSR count). The molecular formula is C14H16N2O3. The molecule has 0 bridgehead atoms. The fourth-order valence-corrected chi connectivity index (χ4v) is 2.08. The molecule has 1 aliphatic carbocycles. The molecule has 0 radical (unpaired) electrons. The van der Waals surface area contributed by atoms with Crippen LogP contribution in [-0.4, -0.2) is 11.1 Å². The van der Waals surface area contributed by atoms with Crippen LogP contribution in [0.25, 0.3) is 0 Å². The van der Waals surface area contributed by atoms with Crippen LogP contribution in [0.3, 0.4) is 0 Å². The van der Waals surface area contributed by atoms with Crippen LogP contribution < -0.4 is 5.32 Å². The molecule has 2 heterocycles. The number of hydrogen-bond donors (Lipinski definition) is 1. The summed E-state index contributed by atoms with van der Waals surface area (Å²) in [5.41, 5.74) is 1.33. The Balaban J connectivity index is 1.62. The number of carbonyl (C=O) groups excluding carboxylic acids is 1. The quantitative estimate of drug-likeness (QED) is 0.917. The van der Waals surface area contributed by atoms with Crippen molar-refractivity contribution in [1.29, 1.82) is 0 Å². The molecule has 0 saturated heterocycles. The average Bonchev–Trinajstić information content (AvgIpc) is 3.01. The molecule has 1 N–H and O–H groups in total. The number of hydrogen-bond acceptors (Lipinski definition) is 4. The zero-order valence-electron chi connectivity index (χ0n) is 11.0. The number of rotatable bonds is 4. The van der Waals surface area contributed by atoms with E-state index in [2.05, 4.69) is 10.5 Å². The number of aromatic nitrogens is 1. The standard InChI is InChI=1S/C14H16N2O3/c1-8-5-11(9(2)18-8)7-15-14(17)12-6-13(19-16-12)10-3-4-10/h5-6,10H,3-4,7H2,1-2H3,(H,15,17). The summed E-state index contributed by atoms with van der Waals surface area (Å²) in [6.45, 7) is 4.21. The number of nitrogens with zero attached hydrogens (tertiary/aromatic N) is 1. The van der Waals surface area contributed by atoms with Gasteiger partial charge in [0.05, 0.1) is 0 Å². The van der Waals surface area contributed by atoms with Gasteiger partial charge in [-0.25, -0.2) is 0 Å². The number of amides is 1. The highest BCUT2D eigenvalue weighted by Gasteiger charge is 2.28. The van der Waals surface area contributed by atoms with Gasteiger partial charge in [0.25, 0.3) is 5.91 Å². The molecule has 5 heteroatoms. The summed E-state index contributed by atoms with van der Waals surface area (Å²) in [7, 11) is 0. The molecule has 2 aromatic heterocycles. The van der Waals surface area contributed by atoms with Crippen molar-refractivity contribution in [2.75, 3.05) is 0 Å². The molecule has 0 unspecified atom stereocenters. The third kappa shape index (κ3) is 2.54. The van der Waals surface area contributed by atoms with Crippen LogP contribution in [-0.2, 0) is 6.54 Å². The van der Waals surface area contributed by atoms with E-state index in [4.69, 9.17) is 8.94 Å². The lowest BCUT2D eigenvalue weighted by Crippen LogP contribution is -2.23. The van der Waals surface area contributed by atoms with Crippen molar-refractivity contribution in [3.05, 3.63) is 40.7 Å². The molecule has 1 aliphatic rings. The number of aryl methyl sites for hydroxylation is 2. The minimum atomic E-state index is -0.214. The van der Waals surface area contributed by atoms with E-state index in [-0.39, 0.29) is 5.91 Å². The number of nitrogens with one attached hydrogen (secondary N) is 1. The van der Waals surface area contributed by atoms with Crippen molar-refractivity contribution in [3.63, 3.8) is 0 Å². The zero-order valence-corrected chi connectivity index (χ0v) is 11.0. The summed E-state index contributed by atoms with van der Waals surface area (Å²) in [6.07, 6.45) is 2.26. The van der Waals surface area contributed by atoms with Gasteiger partial charge in [-0.05, 0) is 32.8 Å². The molecule has 0 atom stereocenters. The predicted octanol–water partition coefficient (Wildman–Crippen LogP) is 2.69. The van der Waals surface area contributed by atoms with Gasteiger partial charge in [0.2, 0.25) is 0 Å². The van der Waals surface area contributed by atoms with Crippen molar-refractivity contribution in [2.45, 2.75) is 39.2 Å². The molecule has 19 heavy (non-hydrogen) atoms. The first-order valence-corrected chi connectivity index (χ1v) is 6.44. The predicted molar refractivity (Wildman–Crippen MR) is 67.8 cm³/mol. The van der Waals surface area contributed by atoms with E-state index >= 15 is 0 Å². The van der Waals surface area contributed by atoms with Crippen LogP contribution in [0.4, 0.5) is 0 Å². The molecule has 0 aromatic carbocycles. The Morgan fingerprint density at radius 1 is 1.42 bits per heavy atom. The van der Waals surface area contributed by atoms with E-state index in [1.165, 1.54) is 0 Å². The van der Waals surface area contributed by atoms with Crippen molar-refractivity contribution in [3.8, 4) is 0 Å². The van der Waals surface area contributed by atoms with Crippen LogP contribution in [0.2, 0.25) is 0 Å². The fraction of sp³-hybridized carbons (Fsp3) is 0.429. The third-order valence-corrected chi connectivity index (χ3v) is 3.32. The zero-order chi connectivity index (χ0) is 13.4. The van der Waals surface area contributed by atoms with Crippen LogP contribution >= 0.6 is 0 Å². The Labute approximate surface area is 111 Å². The van der Waals surface area contributed by atoms with Gasteiger partial charge in [-0.1, -0.05) is 5.16 Å². The van der Waals surface area contributed by atoms with Crippen molar-refractivity contribution < 1.29 is 13.7 Å². The van der Waals surface area contributed by atoms with Crippen molar-refractivity contribution >= 4 is 5.91 Å². The van der Waals surface area contributed by atoms with Gasteiger partial charge in [0.15, 0.2) is 5.69 Å². The monoisotopic (exact) mass is 260 g/mol. The Hall–Kier alpha value is -2.04. The smallest absolute Gasteiger partial charge is 0.273 e. The summed E-state index contributed by atoms with van der Waals surface area (Å²) in [5, 5.41) is 6.63. The van der Waals surface area contributed by atoms with Gasteiger partial charge in [-0.3, -0.25) is 4.79 Å². The molecule has 1 amide bonds. The first-order chi connectivity index (χ1) is 9.13. The first kappa shape index (κ1) is 12.0. The minimum Gasteiger partial charge on any atom is -0.466 e. The SMILES string of the molecule is Cc1cc(CNC(=O)c2cc(C3CC3)on2)c(C)o1. The van der Waals surface area contributed by atoms with E-state index in [9.17, 15) is 4.79 Å². The maximum atomic E-state index is 11.9. The fourth-order valence-electron chi connectivity index (χ4n) is 2.08. The van der Waals surface area contributed by atoms with Gasteiger partial charge >= 0.3 is 0 Å². The largest absolute Gasteiger partial charge is 0.466 e. The summed E-state index contributed by atoms with van der Waals surface area (Å²) in [5.74, 6) is 2.75. The molecule has 0 aliphatic heterocycles. The van der Waals surface area contributed by atoms with E-state index in [0.717, 1.165) is 35.7 Å². The van der Waals surface area contributed by atoms with Crippen molar-refractivity contribution in [1.82, 2.24) is 10.5 Å². The Bertz CT molecular complexity index is 608. The Morgan fingerprint density at radius 3 is 2.84 bits per heavy atom. The Morgan fingerprint density at radius 2 is 2.21 bits per heavy atom. The number of carbonyl (C=O) groups is 1. The first-order valence-electron chi connectivity index (χ1n) is 6.44. The molecule has 2 aromatic rings. The van der Waals surface area contributed by atoms with Gasteiger partial charge < -0.3 is 14.3 Å². The second kappa shape index (κ2) is 4.57. The third-order valence-electron chi connectivity index (χ3n) is 3.32. The molecular weight excluding hydrogens is 244 g/mol. The van der Waals surface area contributed by atoms with Gasteiger partial charge in [-0.2, -0.15) is 0 Å². The van der Waals surface area contributed by atoms with Crippen LogP contribution in [0.15, 0.2) is 21.1 Å². The second-order valence-corrected chi connectivity index (χ2v) is 5.01. The maximum absolute atomic E-state index is 11.9. The lowest BCUT2D eigenvalue weighted by Gasteiger charge is -2.00. The molecule has 1 fully saturated rings. The summed E-state index contributed by atoms with van der Waals surface area (Å²) >= 11 is 0.